The van der Waals surface area contributed by atoms with Crippen LogP contribution >= 0.6 is 0 Å². The topological polar surface area (TPSA) is 37.6 Å². The van der Waals surface area contributed by atoms with Gasteiger partial charge >= 0.3 is 0 Å². The van der Waals surface area contributed by atoms with E-state index in [-0.39, 0.29) is 10.8 Å². The molecule has 3 nitrogen and oxygen atoms in total. The van der Waals surface area contributed by atoms with Gasteiger partial charge in [0.1, 0.15) is 11.8 Å². The zero-order chi connectivity index (χ0) is 19.8. The van der Waals surface area contributed by atoms with Crippen molar-refractivity contribution >= 4 is 0 Å². The van der Waals surface area contributed by atoms with Gasteiger partial charge in [-0.05, 0) is 35.1 Å². The van der Waals surface area contributed by atoms with Crippen molar-refractivity contribution < 1.29 is 10.0 Å². The van der Waals surface area contributed by atoms with Gasteiger partial charge in [-0.1, -0.05) is 41.5 Å². The number of pyridine rings is 1. The number of quaternary nitrogens is 1. The molecule has 1 aromatic carbocycles. The molecule has 3 rings (SSSR count). The Morgan fingerprint density at radius 1 is 0.852 bits per heavy atom. The number of hydrogen-bond acceptors (Lipinski definition) is 2. The van der Waals surface area contributed by atoms with Crippen molar-refractivity contribution in [2.75, 3.05) is 13.1 Å². The van der Waals surface area contributed by atoms with Crippen LogP contribution in [0, 0.1) is 0 Å². The molecule has 3 heteroatoms. The summed E-state index contributed by atoms with van der Waals surface area (Å²) in [5, 5.41) is 11.1. The normalized spacial score (nSPS) is 17.3. The minimum absolute atomic E-state index is 0.108. The molecular weight excluding hydrogens is 332 g/mol. The molecule has 1 aliphatic rings. The van der Waals surface area contributed by atoms with E-state index in [1.165, 1.54) is 37.1 Å². The lowest BCUT2D eigenvalue weighted by Crippen LogP contribution is -3.10. The highest BCUT2D eigenvalue weighted by Gasteiger charge is 2.33. The minimum Gasteiger partial charge on any atom is -0.507 e. The number of nitrogens with zero attached hydrogens (tertiary/aromatic N) is 1. The fourth-order valence-electron chi connectivity index (χ4n) is 4.30. The number of phenols is 1. The maximum atomic E-state index is 11.1. The molecule has 1 saturated heterocycles. The molecule has 27 heavy (non-hydrogen) atoms. The molecular formula is C24H35N2O+. The molecule has 0 radical (unpaired) electrons. The molecule has 2 N–H and O–H groups in total. The number of aromatic nitrogens is 1. The average molecular weight is 368 g/mol. The Balaban J connectivity index is 2.22. The van der Waals surface area contributed by atoms with Crippen LogP contribution in [-0.4, -0.2) is 23.2 Å². The second-order valence-electron chi connectivity index (χ2n) is 10.0. The first kappa shape index (κ1) is 19.9. The van der Waals surface area contributed by atoms with Crippen LogP contribution in [0.1, 0.15) is 82.7 Å². The van der Waals surface area contributed by atoms with Crippen molar-refractivity contribution in [3.05, 3.63) is 58.9 Å². The molecule has 1 fully saturated rings. The Labute approximate surface area is 164 Å². The van der Waals surface area contributed by atoms with Crippen molar-refractivity contribution in [1.82, 2.24) is 4.98 Å². The fraction of sp³-hybridized carbons (Fsp3) is 0.542. The Morgan fingerprint density at radius 3 is 1.78 bits per heavy atom. The average Bonchev–Trinajstić information content (AvgIpc) is 3.09. The molecule has 1 aromatic heterocycles. The third kappa shape index (κ3) is 4.19. The van der Waals surface area contributed by atoms with Gasteiger partial charge in [0, 0.05) is 47.5 Å². The molecule has 0 amide bonds. The highest BCUT2D eigenvalue weighted by molar-refractivity contribution is 5.51. The number of benzene rings is 1. The molecule has 0 unspecified atom stereocenters. The second-order valence-corrected chi connectivity index (χ2v) is 10.0. The first-order valence-electron chi connectivity index (χ1n) is 10.2. The molecule has 2 heterocycles. The van der Waals surface area contributed by atoms with Crippen LogP contribution in [0.4, 0.5) is 0 Å². The highest BCUT2D eigenvalue weighted by Crippen LogP contribution is 2.41. The molecule has 146 valence electrons. The van der Waals surface area contributed by atoms with Crippen LogP contribution in [0.3, 0.4) is 0 Å². The summed E-state index contributed by atoms with van der Waals surface area (Å²) < 4.78 is 0. The number of nitrogens with one attached hydrogen (secondary N) is 1. The lowest BCUT2D eigenvalue weighted by atomic mass is 9.77. The van der Waals surface area contributed by atoms with Crippen LogP contribution in [0.5, 0.6) is 5.75 Å². The van der Waals surface area contributed by atoms with Crippen LogP contribution in [-0.2, 0) is 10.8 Å². The summed E-state index contributed by atoms with van der Waals surface area (Å²) >= 11 is 0. The van der Waals surface area contributed by atoms with Gasteiger partial charge in [-0.25, -0.2) is 0 Å². The molecule has 1 aliphatic heterocycles. The predicted molar refractivity (Wildman–Crippen MR) is 112 cm³/mol. The first-order valence-corrected chi connectivity index (χ1v) is 10.2. The number of likely N-dealkylation sites (tertiary alicyclic amines) is 1. The molecule has 0 aliphatic carbocycles. The van der Waals surface area contributed by atoms with E-state index < -0.39 is 0 Å². The van der Waals surface area contributed by atoms with Gasteiger partial charge in [0.05, 0.1) is 13.1 Å². The van der Waals surface area contributed by atoms with Gasteiger partial charge < -0.3 is 10.0 Å². The van der Waals surface area contributed by atoms with Crippen LogP contribution in [0.15, 0.2) is 36.7 Å². The van der Waals surface area contributed by atoms with E-state index in [0.29, 0.717) is 11.8 Å². The first-order chi connectivity index (χ1) is 12.6. The fourth-order valence-corrected chi connectivity index (χ4v) is 4.30. The highest BCUT2D eigenvalue weighted by atomic mass is 16.3. The zero-order valence-corrected chi connectivity index (χ0v) is 17.8. The van der Waals surface area contributed by atoms with E-state index in [1.807, 2.05) is 12.4 Å². The van der Waals surface area contributed by atoms with Crippen LogP contribution < -0.4 is 4.90 Å². The summed E-state index contributed by atoms with van der Waals surface area (Å²) in [4.78, 5) is 5.84. The van der Waals surface area contributed by atoms with Gasteiger partial charge in [0.25, 0.3) is 0 Å². The lowest BCUT2D eigenvalue weighted by molar-refractivity contribution is -0.913. The van der Waals surface area contributed by atoms with Crippen LogP contribution in [0.2, 0.25) is 0 Å². The standard InChI is InChI=1S/C24H34N2O/c1-23(2,3)19-15-18(16-20(22(19)27)24(4,5)6)21(26-13-7-8-14-26)17-9-11-25-12-10-17/h9-12,15-16,21,27H,7-8,13-14H2,1-6H3/p+1/t21-/m1/s1. The lowest BCUT2D eigenvalue weighted by Gasteiger charge is -2.31. The summed E-state index contributed by atoms with van der Waals surface area (Å²) in [5.41, 5.74) is 4.50. The predicted octanol–water partition coefficient (Wildman–Crippen LogP) is 4.15. The largest absolute Gasteiger partial charge is 0.507 e. The smallest absolute Gasteiger partial charge is 0.139 e. The minimum atomic E-state index is -0.108. The van der Waals surface area contributed by atoms with Gasteiger partial charge in [0.2, 0.25) is 0 Å². The molecule has 1 atom stereocenters. The molecule has 0 spiro atoms. The second kappa shape index (κ2) is 7.27. The van der Waals surface area contributed by atoms with E-state index in [2.05, 4.69) is 70.8 Å². The SMILES string of the molecule is CC(C)(C)c1cc([C@@H](c2ccncc2)[NH+]2CCCC2)cc(C(C)(C)C)c1O. The Hall–Kier alpha value is -1.87. The van der Waals surface area contributed by atoms with Gasteiger partial charge in [0.15, 0.2) is 0 Å². The number of phenolic OH excluding ortho intramolecular Hbond substituents is 1. The maximum Gasteiger partial charge on any atom is 0.139 e. The van der Waals surface area contributed by atoms with Gasteiger partial charge in [-0.2, -0.15) is 0 Å². The van der Waals surface area contributed by atoms with Crippen molar-refractivity contribution in [3.8, 4) is 5.75 Å². The Kier molecular flexibility index (Phi) is 5.36. The molecule has 0 saturated carbocycles. The quantitative estimate of drug-likeness (QED) is 0.855. The van der Waals surface area contributed by atoms with E-state index in [4.69, 9.17) is 0 Å². The Morgan fingerprint density at radius 2 is 1.33 bits per heavy atom. The summed E-state index contributed by atoms with van der Waals surface area (Å²) in [7, 11) is 0. The third-order valence-corrected chi connectivity index (χ3v) is 5.78. The van der Waals surface area contributed by atoms with Crippen LogP contribution in [0.25, 0.3) is 0 Å². The number of aromatic hydroxyl groups is 1. The van der Waals surface area contributed by atoms with Crippen molar-refractivity contribution in [2.24, 2.45) is 0 Å². The Bertz CT molecular complexity index is 743. The van der Waals surface area contributed by atoms with Crippen molar-refractivity contribution in [1.29, 1.82) is 0 Å². The third-order valence-electron chi connectivity index (χ3n) is 5.78. The maximum absolute atomic E-state index is 11.1. The van der Waals surface area contributed by atoms with E-state index in [1.54, 1.807) is 4.90 Å². The van der Waals surface area contributed by atoms with Gasteiger partial charge in [-0.3, -0.25) is 4.98 Å². The van der Waals surface area contributed by atoms with Crippen molar-refractivity contribution in [3.63, 3.8) is 0 Å². The molecule has 0 bridgehead atoms. The van der Waals surface area contributed by atoms with E-state index >= 15 is 0 Å². The summed E-state index contributed by atoms with van der Waals surface area (Å²) in [6, 6.07) is 9.09. The summed E-state index contributed by atoms with van der Waals surface area (Å²) in [6.45, 7) is 15.5. The molecule has 2 aromatic rings. The monoisotopic (exact) mass is 367 g/mol. The van der Waals surface area contributed by atoms with E-state index in [9.17, 15) is 5.11 Å². The number of rotatable bonds is 3. The van der Waals surface area contributed by atoms with E-state index in [0.717, 1.165) is 11.1 Å². The summed E-state index contributed by atoms with van der Waals surface area (Å²) in [6.07, 6.45) is 6.36. The zero-order valence-electron chi connectivity index (χ0n) is 17.8. The van der Waals surface area contributed by atoms with Crippen molar-refractivity contribution in [2.45, 2.75) is 71.3 Å². The summed E-state index contributed by atoms with van der Waals surface area (Å²) in [5.74, 6) is 0.462. The number of hydrogen-bond donors (Lipinski definition) is 2. The van der Waals surface area contributed by atoms with Gasteiger partial charge in [-0.15, -0.1) is 0 Å².